The highest BCUT2D eigenvalue weighted by molar-refractivity contribution is 6.35. The third kappa shape index (κ3) is 3.50. The van der Waals surface area contributed by atoms with Gasteiger partial charge in [-0.15, -0.1) is 0 Å². The SMILES string of the molecule is O=C(/C=C\c1ccc(Cl)cc1Cl)N1CCCCC1. The average molecular weight is 284 g/mol. The van der Waals surface area contributed by atoms with Gasteiger partial charge in [-0.25, -0.2) is 0 Å². The number of carbonyl (C=O) groups is 1. The molecule has 0 aromatic heterocycles. The van der Waals surface area contributed by atoms with Gasteiger partial charge in [0, 0.05) is 29.2 Å². The van der Waals surface area contributed by atoms with Gasteiger partial charge in [-0.05, 0) is 43.0 Å². The molecule has 0 saturated carbocycles. The molecule has 2 nitrogen and oxygen atoms in total. The lowest BCUT2D eigenvalue weighted by Crippen LogP contribution is -2.34. The van der Waals surface area contributed by atoms with Crippen molar-refractivity contribution in [2.24, 2.45) is 0 Å². The van der Waals surface area contributed by atoms with Crippen molar-refractivity contribution < 1.29 is 4.79 Å². The molecule has 18 heavy (non-hydrogen) atoms. The summed E-state index contributed by atoms with van der Waals surface area (Å²) in [6, 6.07) is 5.25. The molecule has 0 bridgehead atoms. The summed E-state index contributed by atoms with van der Waals surface area (Å²) < 4.78 is 0. The van der Waals surface area contributed by atoms with Crippen LogP contribution < -0.4 is 0 Å². The Morgan fingerprint density at radius 2 is 1.89 bits per heavy atom. The lowest BCUT2D eigenvalue weighted by atomic mass is 10.1. The van der Waals surface area contributed by atoms with Crippen LogP contribution in [0.3, 0.4) is 0 Å². The van der Waals surface area contributed by atoms with Crippen molar-refractivity contribution in [3.63, 3.8) is 0 Å². The molecule has 0 spiro atoms. The zero-order valence-electron chi connectivity index (χ0n) is 10.0. The van der Waals surface area contributed by atoms with E-state index < -0.39 is 0 Å². The molecule has 96 valence electrons. The molecule has 0 atom stereocenters. The van der Waals surface area contributed by atoms with Crippen LogP contribution in [-0.4, -0.2) is 23.9 Å². The largest absolute Gasteiger partial charge is 0.339 e. The first-order valence-corrected chi connectivity index (χ1v) is 6.84. The second-order valence-electron chi connectivity index (χ2n) is 4.39. The van der Waals surface area contributed by atoms with Crippen LogP contribution >= 0.6 is 23.2 Å². The minimum atomic E-state index is 0.0562. The number of piperidine rings is 1. The fraction of sp³-hybridized carbons (Fsp3) is 0.357. The monoisotopic (exact) mass is 283 g/mol. The number of rotatable bonds is 2. The first kappa shape index (κ1) is 13.4. The van der Waals surface area contributed by atoms with Gasteiger partial charge in [0.25, 0.3) is 0 Å². The van der Waals surface area contributed by atoms with Crippen molar-refractivity contribution in [3.05, 3.63) is 39.9 Å². The van der Waals surface area contributed by atoms with Crippen molar-refractivity contribution in [1.29, 1.82) is 0 Å². The molecule has 0 aliphatic carbocycles. The third-order valence-electron chi connectivity index (χ3n) is 3.04. The number of amides is 1. The molecule has 1 aliphatic heterocycles. The molecule has 0 unspecified atom stereocenters. The number of nitrogens with zero attached hydrogens (tertiary/aromatic N) is 1. The molecular weight excluding hydrogens is 269 g/mol. The standard InChI is InChI=1S/C14H15Cl2NO/c15-12-6-4-11(13(16)10-12)5-7-14(18)17-8-2-1-3-9-17/h4-7,10H,1-3,8-9H2/b7-5-. The van der Waals surface area contributed by atoms with Gasteiger partial charge in [-0.3, -0.25) is 4.79 Å². The Balaban J connectivity index is 2.03. The Labute approximate surface area is 117 Å². The highest BCUT2D eigenvalue weighted by Crippen LogP contribution is 2.22. The maximum atomic E-state index is 11.9. The Bertz CT molecular complexity index is 465. The Hall–Kier alpha value is -0.990. The molecule has 1 heterocycles. The van der Waals surface area contributed by atoms with Gasteiger partial charge in [0.1, 0.15) is 0 Å². The van der Waals surface area contributed by atoms with Crippen LogP contribution in [0.4, 0.5) is 0 Å². The van der Waals surface area contributed by atoms with Gasteiger partial charge >= 0.3 is 0 Å². The summed E-state index contributed by atoms with van der Waals surface area (Å²) in [5, 5.41) is 1.16. The van der Waals surface area contributed by atoms with E-state index in [-0.39, 0.29) is 5.91 Å². The van der Waals surface area contributed by atoms with Crippen LogP contribution in [0.1, 0.15) is 24.8 Å². The quantitative estimate of drug-likeness (QED) is 0.751. The van der Waals surface area contributed by atoms with Gasteiger partial charge in [-0.1, -0.05) is 29.3 Å². The van der Waals surface area contributed by atoms with Gasteiger partial charge in [0.2, 0.25) is 5.91 Å². The summed E-state index contributed by atoms with van der Waals surface area (Å²) in [4.78, 5) is 13.8. The predicted octanol–water partition coefficient (Wildman–Crippen LogP) is 4.02. The summed E-state index contributed by atoms with van der Waals surface area (Å²) in [7, 11) is 0. The second-order valence-corrected chi connectivity index (χ2v) is 5.23. The summed E-state index contributed by atoms with van der Waals surface area (Å²) in [5.41, 5.74) is 0.812. The van der Waals surface area contributed by atoms with E-state index in [0.717, 1.165) is 31.5 Å². The Morgan fingerprint density at radius 3 is 2.56 bits per heavy atom. The van der Waals surface area contributed by atoms with Crippen LogP contribution in [0.2, 0.25) is 10.0 Å². The maximum Gasteiger partial charge on any atom is 0.246 e. The van der Waals surface area contributed by atoms with E-state index in [1.165, 1.54) is 6.42 Å². The zero-order chi connectivity index (χ0) is 13.0. The van der Waals surface area contributed by atoms with Crippen molar-refractivity contribution in [2.75, 3.05) is 13.1 Å². The van der Waals surface area contributed by atoms with E-state index in [2.05, 4.69) is 0 Å². The molecule has 4 heteroatoms. The topological polar surface area (TPSA) is 20.3 Å². The fourth-order valence-corrected chi connectivity index (χ4v) is 2.49. The van der Waals surface area contributed by atoms with Crippen molar-refractivity contribution in [2.45, 2.75) is 19.3 Å². The molecule has 1 aromatic rings. The Morgan fingerprint density at radius 1 is 1.17 bits per heavy atom. The molecule has 1 fully saturated rings. The predicted molar refractivity (Wildman–Crippen MR) is 75.9 cm³/mol. The molecule has 1 aliphatic rings. The molecule has 0 N–H and O–H groups in total. The van der Waals surface area contributed by atoms with E-state index in [1.807, 2.05) is 11.0 Å². The van der Waals surface area contributed by atoms with Crippen molar-refractivity contribution in [1.82, 2.24) is 4.90 Å². The van der Waals surface area contributed by atoms with Crippen LogP contribution in [0, 0.1) is 0 Å². The zero-order valence-corrected chi connectivity index (χ0v) is 11.5. The Kier molecular flexibility index (Phi) is 4.67. The normalized spacial score (nSPS) is 16.2. The van der Waals surface area contributed by atoms with E-state index >= 15 is 0 Å². The summed E-state index contributed by atoms with van der Waals surface area (Å²) in [6.45, 7) is 1.72. The first-order valence-electron chi connectivity index (χ1n) is 6.09. The third-order valence-corrected chi connectivity index (χ3v) is 3.60. The van der Waals surface area contributed by atoms with E-state index in [4.69, 9.17) is 23.2 Å². The van der Waals surface area contributed by atoms with E-state index in [0.29, 0.717) is 10.0 Å². The minimum Gasteiger partial charge on any atom is -0.339 e. The van der Waals surface area contributed by atoms with Crippen LogP contribution in [-0.2, 0) is 4.79 Å². The second kappa shape index (κ2) is 6.26. The average Bonchev–Trinajstić information content (AvgIpc) is 2.38. The van der Waals surface area contributed by atoms with Crippen LogP contribution in [0.15, 0.2) is 24.3 Å². The summed E-state index contributed by atoms with van der Waals surface area (Å²) in [5.74, 6) is 0.0562. The molecule has 1 saturated heterocycles. The number of halogens is 2. The smallest absolute Gasteiger partial charge is 0.246 e. The number of benzene rings is 1. The number of likely N-dealkylation sites (tertiary alicyclic amines) is 1. The molecular formula is C14H15Cl2NO. The lowest BCUT2D eigenvalue weighted by Gasteiger charge is -2.25. The maximum absolute atomic E-state index is 11.9. The van der Waals surface area contributed by atoms with Gasteiger partial charge in [0.05, 0.1) is 0 Å². The van der Waals surface area contributed by atoms with E-state index in [1.54, 1.807) is 24.3 Å². The van der Waals surface area contributed by atoms with Crippen LogP contribution in [0.5, 0.6) is 0 Å². The highest BCUT2D eigenvalue weighted by Gasteiger charge is 2.13. The van der Waals surface area contributed by atoms with E-state index in [9.17, 15) is 4.79 Å². The number of hydrogen-bond acceptors (Lipinski definition) is 1. The fourth-order valence-electron chi connectivity index (χ4n) is 2.02. The van der Waals surface area contributed by atoms with Gasteiger partial charge < -0.3 is 4.90 Å². The van der Waals surface area contributed by atoms with Gasteiger partial charge in [-0.2, -0.15) is 0 Å². The van der Waals surface area contributed by atoms with Crippen LogP contribution in [0.25, 0.3) is 6.08 Å². The van der Waals surface area contributed by atoms with Gasteiger partial charge in [0.15, 0.2) is 0 Å². The number of hydrogen-bond donors (Lipinski definition) is 0. The van der Waals surface area contributed by atoms with Crippen molar-refractivity contribution in [3.8, 4) is 0 Å². The molecule has 0 radical (unpaired) electrons. The lowest BCUT2D eigenvalue weighted by molar-refractivity contribution is -0.126. The first-order chi connectivity index (χ1) is 8.66. The van der Waals surface area contributed by atoms with Crippen molar-refractivity contribution >= 4 is 35.2 Å². The highest BCUT2D eigenvalue weighted by atomic mass is 35.5. The summed E-state index contributed by atoms with van der Waals surface area (Å²) >= 11 is 11.9. The molecule has 1 aromatic carbocycles. The molecule has 1 amide bonds. The number of carbonyl (C=O) groups excluding carboxylic acids is 1. The molecule has 2 rings (SSSR count). The summed E-state index contributed by atoms with van der Waals surface area (Å²) in [6.07, 6.45) is 6.75. The minimum absolute atomic E-state index is 0.0562.